The van der Waals surface area contributed by atoms with Gasteiger partial charge in [0.2, 0.25) is 0 Å². The average Bonchev–Trinajstić information content (AvgIpc) is 3.10. The summed E-state index contributed by atoms with van der Waals surface area (Å²) in [5.41, 5.74) is 1.67. The molecule has 0 aromatic heterocycles. The van der Waals surface area contributed by atoms with Crippen molar-refractivity contribution in [3.8, 4) is 0 Å². The van der Waals surface area contributed by atoms with Crippen LogP contribution in [-0.2, 0) is 23.6 Å². The van der Waals surface area contributed by atoms with Crippen molar-refractivity contribution in [3.05, 3.63) is 11.6 Å². The third-order valence-electron chi connectivity index (χ3n) is 11.0. The second-order valence-electron chi connectivity index (χ2n) is 13.5. The Hall–Kier alpha value is 0.570. The van der Waals surface area contributed by atoms with Crippen LogP contribution in [0.5, 0.6) is 0 Å². The summed E-state index contributed by atoms with van der Waals surface area (Å²) in [6, 6.07) is 0. The largest absolute Gasteiger partial charge is 1.00 e. The summed E-state index contributed by atoms with van der Waals surface area (Å²) in [7, 11) is -2.41. The Morgan fingerprint density at radius 1 is 1.08 bits per heavy atom. The van der Waals surface area contributed by atoms with Crippen LogP contribution in [0.25, 0.3) is 0 Å². The first kappa shape index (κ1) is 32.8. The van der Waals surface area contributed by atoms with Gasteiger partial charge in [0.25, 0.3) is 0 Å². The molecule has 5 nitrogen and oxygen atoms in total. The number of allylic oxidation sites excluding steroid dienone is 1. The molecule has 4 aliphatic rings. The van der Waals surface area contributed by atoms with Gasteiger partial charge in [-0.2, -0.15) is 0 Å². The Bertz CT molecular complexity index is 828. The summed E-state index contributed by atoms with van der Waals surface area (Å²) in [5, 5.41) is 9.96. The SMILES string of the molecule is C[C@H](CCCCCC(C)(C)O)[C@H]1CCC2C3CC=C4C[C@@H](O[S-](=O)=O)CC[C@]4(C)C3CC[C@@]21C.[Na+].[OH-]. The second kappa shape index (κ2) is 12.8. The molecule has 4 rings (SSSR count). The number of rotatable bonds is 9. The number of hydrogen-bond acceptors (Lipinski definition) is 6. The van der Waals surface area contributed by atoms with E-state index in [1.165, 1.54) is 56.9 Å². The van der Waals surface area contributed by atoms with Gasteiger partial charge in [-0.3, -0.25) is 0 Å². The van der Waals surface area contributed by atoms with E-state index in [9.17, 15) is 13.5 Å². The van der Waals surface area contributed by atoms with Gasteiger partial charge in [0.05, 0.1) is 16.6 Å². The summed E-state index contributed by atoms with van der Waals surface area (Å²) in [5.74, 6) is 4.02. The predicted molar refractivity (Wildman–Crippen MR) is 139 cm³/mol. The molecule has 4 aliphatic carbocycles. The van der Waals surface area contributed by atoms with Gasteiger partial charge in [-0.25, -0.2) is 0 Å². The molecule has 2 N–H and O–H groups in total. The fourth-order valence-corrected chi connectivity index (χ4v) is 9.58. The zero-order valence-corrected chi connectivity index (χ0v) is 26.6. The van der Waals surface area contributed by atoms with Crippen LogP contribution in [-0.4, -0.2) is 22.3 Å². The van der Waals surface area contributed by atoms with Crippen LogP contribution in [0.3, 0.4) is 0 Å². The maximum Gasteiger partial charge on any atom is 1.00 e. The number of fused-ring (bicyclic) bond motifs is 5. The molecule has 7 heteroatoms. The summed E-state index contributed by atoms with van der Waals surface area (Å²) in [6.07, 6.45) is 17.6. The van der Waals surface area contributed by atoms with Crippen molar-refractivity contribution in [2.75, 3.05) is 0 Å². The van der Waals surface area contributed by atoms with E-state index >= 15 is 0 Å². The summed E-state index contributed by atoms with van der Waals surface area (Å²) in [6.45, 7) is 11.5. The minimum atomic E-state index is -2.41. The van der Waals surface area contributed by atoms with Crippen molar-refractivity contribution in [1.82, 2.24) is 0 Å². The first-order chi connectivity index (χ1) is 15.9. The van der Waals surface area contributed by atoms with Gasteiger partial charge in [-0.05, 0) is 112 Å². The first-order valence-corrected chi connectivity index (χ1v) is 15.1. The molecule has 0 aliphatic heterocycles. The van der Waals surface area contributed by atoms with Crippen LogP contribution in [0.2, 0.25) is 0 Å². The molecule has 3 fully saturated rings. The molecule has 3 unspecified atom stereocenters. The fraction of sp³-hybridized carbons (Fsp3) is 0.931. The summed E-state index contributed by atoms with van der Waals surface area (Å²) < 4.78 is 27.3. The van der Waals surface area contributed by atoms with E-state index in [4.69, 9.17) is 4.18 Å². The molecule has 8 atom stereocenters. The molecule has 0 aromatic carbocycles. The van der Waals surface area contributed by atoms with Crippen LogP contribution in [0.4, 0.5) is 0 Å². The van der Waals surface area contributed by atoms with Crippen molar-refractivity contribution in [3.63, 3.8) is 0 Å². The van der Waals surface area contributed by atoms with Gasteiger partial charge in [-0.1, -0.05) is 58.1 Å². The maximum atomic E-state index is 11.1. The minimum absolute atomic E-state index is 0. The molecule has 36 heavy (non-hydrogen) atoms. The van der Waals surface area contributed by atoms with Gasteiger partial charge in [0.15, 0.2) is 0 Å². The van der Waals surface area contributed by atoms with Gasteiger partial charge >= 0.3 is 29.6 Å². The Balaban J connectivity index is 0.00000228. The van der Waals surface area contributed by atoms with E-state index in [1.54, 1.807) is 0 Å². The third-order valence-corrected chi connectivity index (χ3v) is 11.4. The Labute approximate surface area is 244 Å². The quantitative estimate of drug-likeness (QED) is 0.206. The zero-order valence-electron chi connectivity index (χ0n) is 23.8. The predicted octanol–water partition coefficient (Wildman–Crippen LogP) is 4.36. The maximum absolute atomic E-state index is 11.1. The molecule has 0 heterocycles. The van der Waals surface area contributed by atoms with E-state index in [0.29, 0.717) is 5.41 Å². The monoisotopic (exact) mass is 533 g/mol. The van der Waals surface area contributed by atoms with E-state index in [2.05, 4.69) is 26.8 Å². The fourth-order valence-electron chi connectivity index (χ4n) is 9.20. The van der Waals surface area contributed by atoms with Gasteiger partial charge in [-0.15, -0.1) is 0 Å². The minimum Gasteiger partial charge on any atom is -0.870 e. The van der Waals surface area contributed by atoms with Crippen LogP contribution in [0.15, 0.2) is 11.6 Å². The first-order valence-electron chi connectivity index (χ1n) is 14.1. The van der Waals surface area contributed by atoms with Crippen molar-refractivity contribution < 1.29 is 52.7 Å². The average molecular weight is 534 g/mol. The Morgan fingerprint density at radius 3 is 2.47 bits per heavy atom. The van der Waals surface area contributed by atoms with E-state index in [0.717, 1.165) is 61.7 Å². The Morgan fingerprint density at radius 2 is 1.81 bits per heavy atom. The molecule has 0 bridgehead atoms. The van der Waals surface area contributed by atoms with Crippen molar-refractivity contribution in [1.29, 1.82) is 0 Å². The molecule has 0 aromatic rings. The van der Waals surface area contributed by atoms with Crippen molar-refractivity contribution in [2.24, 2.45) is 40.4 Å². The Kier molecular flexibility index (Phi) is 11.7. The number of aliphatic hydroxyl groups is 1. The van der Waals surface area contributed by atoms with Gasteiger partial charge < -0.3 is 23.2 Å². The van der Waals surface area contributed by atoms with Crippen LogP contribution < -0.4 is 29.6 Å². The number of hydrogen-bond donors (Lipinski definition) is 1. The van der Waals surface area contributed by atoms with Crippen molar-refractivity contribution in [2.45, 2.75) is 130 Å². The van der Waals surface area contributed by atoms with Gasteiger partial charge in [0, 0.05) is 6.10 Å². The molecule has 204 valence electrons. The number of unbranched alkanes of at least 4 members (excludes halogenated alkanes) is 2. The molecule has 0 spiro atoms. The van der Waals surface area contributed by atoms with Crippen molar-refractivity contribution >= 4 is 11.0 Å². The van der Waals surface area contributed by atoms with Crippen LogP contribution in [0.1, 0.15) is 118 Å². The van der Waals surface area contributed by atoms with E-state index in [1.807, 2.05) is 13.8 Å². The standard InChI is InChI=1S/C29H49O4S.Na.H2O/c1-20(9-7-6-8-16-27(2,3)30)24-12-13-25-23-11-10-21-19-22(33-34(31)32)14-17-28(21,4)26(23)15-18-29(24,25)5;;/h10,20,22-26,30H,6-9,11-19H2,1-5H3;;1H2/q-1;+1;/p-1/t20-,22+,23?,24-,25?,26?,28+,29-;;/m1../s1. The summed E-state index contributed by atoms with van der Waals surface area (Å²) >= 11 is 0. The van der Waals surface area contributed by atoms with Crippen LogP contribution in [0, 0.1) is 40.4 Å². The molecule has 0 amide bonds. The smallest absolute Gasteiger partial charge is 0.870 e. The zero-order chi connectivity index (χ0) is 24.7. The van der Waals surface area contributed by atoms with E-state index in [-0.39, 0.29) is 46.6 Å². The third kappa shape index (κ3) is 6.82. The molecule has 0 saturated heterocycles. The topological polar surface area (TPSA) is 93.6 Å². The van der Waals surface area contributed by atoms with Crippen LogP contribution >= 0.6 is 0 Å². The van der Waals surface area contributed by atoms with E-state index < -0.39 is 16.6 Å². The van der Waals surface area contributed by atoms with Gasteiger partial charge in [0.1, 0.15) is 0 Å². The second-order valence-corrected chi connectivity index (χ2v) is 14.1. The normalized spacial score (nSPS) is 38.6. The molecule has 0 radical (unpaired) electrons. The molecular formula is C29H50NaO5S-. The molecular weight excluding hydrogens is 483 g/mol. The summed E-state index contributed by atoms with van der Waals surface area (Å²) in [4.78, 5) is 0. The molecule has 3 saturated carbocycles.